The Kier molecular flexibility index (Phi) is 2.47. The maximum Gasteiger partial charge on any atom is 0.374 e. The molecule has 0 aliphatic carbocycles. The van der Waals surface area contributed by atoms with Crippen LogP contribution in [0.2, 0.25) is 0 Å². The van der Waals surface area contributed by atoms with E-state index in [1.807, 2.05) is 0 Å². The maximum atomic E-state index is 11.5. The molecule has 84 valence electrons. The molecule has 0 atom stereocenters. The van der Waals surface area contributed by atoms with Gasteiger partial charge in [-0.15, -0.1) is 0 Å². The molecule has 0 aromatic carbocycles. The molecule has 0 saturated heterocycles. The summed E-state index contributed by atoms with van der Waals surface area (Å²) in [4.78, 5) is 32.1. The van der Waals surface area contributed by atoms with Crippen LogP contribution in [0.1, 0.15) is 24.5 Å². The Morgan fingerprint density at radius 3 is 2.94 bits per heavy atom. The van der Waals surface area contributed by atoms with Crippen molar-refractivity contribution in [1.29, 1.82) is 0 Å². The number of rotatable bonds is 2. The SMILES string of the molecule is CC(C)OC(=O)c1nc2[nH]ccc2c(=O)[nH]1. The van der Waals surface area contributed by atoms with E-state index in [2.05, 4.69) is 15.0 Å². The molecular formula is C10H11N3O3. The molecule has 0 unspecified atom stereocenters. The molecule has 2 aromatic heterocycles. The van der Waals surface area contributed by atoms with E-state index in [1.54, 1.807) is 26.1 Å². The van der Waals surface area contributed by atoms with Crippen LogP contribution in [0.15, 0.2) is 17.1 Å². The lowest BCUT2D eigenvalue weighted by atomic mass is 10.4. The van der Waals surface area contributed by atoms with Crippen molar-refractivity contribution in [2.45, 2.75) is 20.0 Å². The molecule has 0 spiro atoms. The number of esters is 1. The molecule has 6 heteroatoms. The van der Waals surface area contributed by atoms with E-state index in [-0.39, 0.29) is 17.5 Å². The van der Waals surface area contributed by atoms with E-state index in [0.717, 1.165) is 0 Å². The highest BCUT2D eigenvalue weighted by Crippen LogP contribution is 2.04. The third-order valence-corrected chi connectivity index (χ3v) is 1.96. The summed E-state index contributed by atoms with van der Waals surface area (Å²) >= 11 is 0. The molecular weight excluding hydrogens is 210 g/mol. The second kappa shape index (κ2) is 3.80. The number of hydrogen-bond donors (Lipinski definition) is 2. The fraction of sp³-hybridized carbons (Fsp3) is 0.300. The lowest BCUT2D eigenvalue weighted by molar-refractivity contribution is 0.0363. The van der Waals surface area contributed by atoms with Gasteiger partial charge in [0.15, 0.2) is 0 Å². The predicted molar refractivity (Wildman–Crippen MR) is 57.3 cm³/mol. The van der Waals surface area contributed by atoms with Gasteiger partial charge in [0.05, 0.1) is 11.5 Å². The Morgan fingerprint density at radius 1 is 1.50 bits per heavy atom. The monoisotopic (exact) mass is 221 g/mol. The molecule has 0 aliphatic heterocycles. The van der Waals surface area contributed by atoms with Gasteiger partial charge >= 0.3 is 5.97 Å². The molecule has 0 bridgehead atoms. The van der Waals surface area contributed by atoms with Crippen LogP contribution in [-0.2, 0) is 4.74 Å². The van der Waals surface area contributed by atoms with Crippen LogP contribution in [0.3, 0.4) is 0 Å². The van der Waals surface area contributed by atoms with Crippen LogP contribution >= 0.6 is 0 Å². The van der Waals surface area contributed by atoms with E-state index in [1.165, 1.54) is 0 Å². The first-order chi connectivity index (χ1) is 7.58. The number of aromatic nitrogens is 3. The normalized spacial score (nSPS) is 10.9. The van der Waals surface area contributed by atoms with Gasteiger partial charge in [0.25, 0.3) is 5.56 Å². The minimum atomic E-state index is -0.636. The standard InChI is InChI=1S/C10H11N3O3/c1-5(2)16-10(15)8-12-7-6(3-4-11-7)9(14)13-8/h3-5H,1-2H3,(H2,11,12,13,14). The van der Waals surface area contributed by atoms with Gasteiger partial charge in [0.2, 0.25) is 5.82 Å². The summed E-state index contributed by atoms with van der Waals surface area (Å²) in [6, 6.07) is 1.60. The summed E-state index contributed by atoms with van der Waals surface area (Å²) in [5.41, 5.74) is 0.0152. The fourth-order valence-electron chi connectivity index (χ4n) is 1.32. The minimum absolute atomic E-state index is 0.0892. The van der Waals surface area contributed by atoms with Gasteiger partial charge in [0.1, 0.15) is 5.65 Å². The van der Waals surface area contributed by atoms with Gasteiger partial charge in [-0.25, -0.2) is 9.78 Å². The molecule has 6 nitrogen and oxygen atoms in total. The van der Waals surface area contributed by atoms with Crippen LogP contribution in [0, 0.1) is 0 Å². The van der Waals surface area contributed by atoms with Gasteiger partial charge in [-0.3, -0.25) is 4.79 Å². The highest BCUT2D eigenvalue weighted by Gasteiger charge is 2.14. The summed E-state index contributed by atoms with van der Waals surface area (Å²) in [5, 5.41) is 0.418. The van der Waals surface area contributed by atoms with Crippen molar-refractivity contribution in [2.75, 3.05) is 0 Å². The molecule has 0 saturated carbocycles. The maximum absolute atomic E-state index is 11.5. The third kappa shape index (κ3) is 1.81. The predicted octanol–water partition coefficient (Wildman–Crippen LogP) is 0.816. The Hall–Kier alpha value is -2.11. The summed E-state index contributed by atoms with van der Waals surface area (Å²) < 4.78 is 4.93. The largest absolute Gasteiger partial charge is 0.457 e. The zero-order chi connectivity index (χ0) is 11.7. The molecule has 16 heavy (non-hydrogen) atoms. The van der Waals surface area contributed by atoms with Crippen LogP contribution in [0.25, 0.3) is 11.0 Å². The van der Waals surface area contributed by atoms with Gasteiger partial charge in [-0.1, -0.05) is 0 Å². The molecule has 2 aromatic rings. The lowest BCUT2D eigenvalue weighted by Crippen LogP contribution is -2.19. The average molecular weight is 221 g/mol. The first-order valence-electron chi connectivity index (χ1n) is 4.86. The third-order valence-electron chi connectivity index (χ3n) is 1.96. The van der Waals surface area contributed by atoms with Crippen molar-refractivity contribution in [1.82, 2.24) is 15.0 Å². The van der Waals surface area contributed by atoms with Crippen molar-refractivity contribution in [3.63, 3.8) is 0 Å². The average Bonchev–Trinajstić information content (AvgIpc) is 2.64. The zero-order valence-electron chi connectivity index (χ0n) is 8.90. The first-order valence-corrected chi connectivity index (χ1v) is 4.86. The molecule has 2 rings (SSSR count). The van der Waals surface area contributed by atoms with Gasteiger partial charge < -0.3 is 14.7 Å². The number of nitrogens with zero attached hydrogens (tertiary/aromatic N) is 1. The van der Waals surface area contributed by atoms with Gasteiger partial charge in [0, 0.05) is 6.20 Å². The number of ether oxygens (including phenoxy) is 1. The Morgan fingerprint density at radius 2 is 2.25 bits per heavy atom. The highest BCUT2D eigenvalue weighted by molar-refractivity contribution is 5.87. The van der Waals surface area contributed by atoms with Crippen molar-refractivity contribution < 1.29 is 9.53 Å². The van der Waals surface area contributed by atoms with E-state index in [0.29, 0.717) is 11.0 Å². The summed E-state index contributed by atoms with van der Waals surface area (Å²) in [6.07, 6.45) is 1.34. The number of carbonyl (C=O) groups excluding carboxylic acids is 1. The summed E-state index contributed by atoms with van der Waals surface area (Å²) in [6.45, 7) is 3.45. The number of carbonyl (C=O) groups is 1. The van der Waals surface area contributed by atoms with E-state index >= 15 is 0 Å². The summed E-state index contributed by atoms with van der Waals surface area (Å²) in [7, 11) is 0. The Balaban J connectivity index is 2.46. The zero-order valence-corrected chi connectivity index (χ0v) is 8.90. The number of nitrogens with one attached hydrogen (secondary N) is 2. The number of H-pyrrole nitrogens is 2. The second-order valence-corrected chi connectivity index (χ2v) is 3.61. The molecule has 2 heterocycles. The van der Waals surface area contributed by atoms with Crippen molar-refractivity contribution in [3.05, 3.63) is 28.4 Å². The van der Waals surface area contributed by atoms with Crippen LogP contribution < -0.4 is 5.56 Å². The van der Waals surface area contributed by atoms with Crippen molar-refractivity contribution in [2.24, 2.45) is 0 Å². The van der Waals surface area contributed by atoms with E-state index < -0.39 is 5.97 Å². The van der Waals surface area contributed by atoms with Crippen molar-refractivity contribution in [3.8, 4) is 0 Å². The highest BCUT2D eigenvalue weighted by atomic mass is 16.5. The first kappa shape index (κ1) is 10.4. The number of aromatic amines is 2. The second-order valence-electron chi connectivity index (χ2n) is 3.61. The number of hydrogen-bond acceptors (Lipinski definition) is 4. The topological polar surface area (TPSA) is 87.8 Å². The van der Waals surface area contributed by atoms with Crippen LogP contribution in [-0.4, -0.2) is 27.0 Å². The van der Waals surface area contributed by atoms with Crippen molar-refractivity contribution >= 4 is 17.0 Å². The lowest BCUT2D eigenvalue weighted by Gasteiger charge is -2.06. The van der Waals surface area contributed by atoms with E-state index in [4.69, 9.17) is 4.74 Å². The fourth-order valence-corrected chi connectivity index (χ4v) is 1.32. The number of fused-ring (bicyclic) bond motifs is 1. The Labute approximate surface area is 90.7 Å². The van der Waals surface area contributed by atoms with Crippen LogP contribution in [0.4, 0.5) is 0 Å². The molecule has 0 aliphatic rings. The minimum Gasteiger partial charge on any atom is -0.457 e. The molecule has 0 amide bonds. The van der Waals surface area contributed by atoms with E-state index in [9.17, 15) is 9.59 Å². The molecule has 2 N–H and O–H groups in total. The summed E-state index contributed by atoms with van der Waals surface area (Å²) in [5.74, 6) is -0.725. The van der Waals surface area contributed by atoms with Gasteiger partial charge in [-0.2, -0.15) is 0 Å². The van der Waals surface area contributed by atoms with Crippen LogP contribution in [0.5, 0.6) is 0 Å². The Bertz CT molecular complexity index is 582. The van der Waals surface area contributed by atoms with Gasteiger partial charge in [-0.05, 0) is 19.9 Å². The smallest absolute Gasteiger partial charge is 0.374 e. The molecule has 0 fully saturated rings. The quantitative estimate of drug-likeness (QED) is 0.735. The molecule has 0 radical (unpaired) electrons.